The molecule has 0 fully saturated rings. The molecule has 1 N–H and O–H groups in total. The molecular weight excluding hydrogens is 404 g/mol. The minimum absolute atomic E-state index is 0.0436. The minimum Gasteiger partial charge on any atom is -0.376 e. The zero-order valence-electron chi connectivity index (χ0n) is 20.8. The number of Topliss-reactive ketones (excluding diaryl/α,β-unsaturated/α-hetero) is 1. The van der Waals surface area contributed by atoms with Crippen molar-refractivity contribution >= 4 is 32.5 Å². The molecule has 0 saturated carbocycles. The van der Waals surface area contributed by atoms with Gasteiger partial charge in [0.2, 0.25) is 0 Å². The lowest BCUT2D eigenvalue weighted by atomic mass is 9.60. The van der Waals surface area contributed by atoms with Gasteiger partial charge in [-0.2, -0.15) is 0 Å². The van der Waals surface area contributed by atoms with Crippen molar-refractivity contribution in [3.63, 3.8) is 0 Å². The van der Waals surface area contributed by atoms with E-state index in [1.165, 1.54) is 0 Å². The van der Waals surface area contributed by atoms with Crippen LogP contribution in [0.15, 0.2) is 12.1 Å². The highest BCUT2D eigenvalue weighted by atomic mass is 32.1. The molecule has 0 bridgehead atoms. The van der Waals surface area contributed by atoms with Crippen molar-refractivity contribution in [2.45, 2.75) is 98.1 Å². The molecule has 2 atom stereocenters. The van der Waals surface area contributed by atoms with Gasteiger partial charge in [0.1, 0.15) is 0 Å². The SMILES string of the molecule is CCCC1C(=O)c2cc3sc(NC(C)(C)CCOC(C)(C)C)nc3cc2C(C)(C)[C@H]1C. The Balaban J connectivity index is 1.88. The van der Waals surface area contributed by atoms with E-state index in [-0.39, 0.29) is 22.5 Å². The maximum absolute atomic E-state index is 13.3. The van der Waals surface area contributed by atoms with Gasteiger partial charge >= 0.3 is 0 Å². The molecule has 1 aromatic heterocycles. The molecular formula is C26H40N2O2S. The summed E-state index contributed by atoms with van der Waals surface area (Å²) < 4.78 is 6.99. The van der Waals surface area contributed by atoms with Crippen molar-refractivity contribution < 1.29 is 9.53 Å². The van der Waals surface area contributed by atoms with Crippen molar-refractivity contribution in [1.29, 1.82) is 0 Å². The summed E-state index contributed by atoms with van der Waals surface area (Å²) in [7, 11) is 0. The van der Waals surface area contributed by atoms with E-state index in [1.54, 1.807) is 11.3 Å². The quantitative estimate of drug-likeness (QED) is 0.490. The first-order valence-electron chi connectivity index (χ1n) is 11.7. The molecule has 3 rings (SSSR count). The first kappa shape index (κ1) is 24.2. The van der Waals surface area contributed by atoms with Crippen LogP contribution >= 0.6 is 11.3 Å². The lowest BCUT2D eigenvalue weighted by Gasteiger charge is -2.42. The maximum Gasteiger partial charge on any atom is 0.184 e. The number of hydrogen-bond donors (Lipinski definition) is 1. The van der Waals surface area contributed by atoms with Gasteiger partial charge in [0.15, 0.2) is 10.9 Å². The molecule has 1 aromatic carbocycles. The van der Waals surface area contributed by atoms with Gasteiger partial charge in [0.25, 0.3) is 0 Å². The predicted octanol–water partition coefficient (Wildman–Crippen LogP) is 7.22. The number of fused-ring (bicyclic) bond motifs is 2. The Kier molecular flexibility index (Phi) is 6.61. The van der Waals surface area contributed by atoms with Gasteiger partial charge in [-0.25, -0.2) is 4.98 Å². The number of aromatic nitrogens is 1. The number of carbonyl (C=O) groups is 1. The van der Waals surface area contributed by atoms with Crippen LogP contribution in [0.25, 0.3) is 10.2 Å². The number of anilines is 1. The zero-order chi connectivity index (χ0) is 23.2. The highest BCUT2D eigenvalue weighted by Crippen LogP contribution is 2.47. The maximum atomic E-state index is 13.3. The number of carbonyl (C=O) groups excluding carboxylic acids is 1. The third-order valence-electron chi connectivity index (χ3n) is 6.87. The first-order chi connectivity index (χ1) is 14.2. The van der Waals surface area contributed by atoms with Crippen molar-refractivity contribution in [2.24, 2.45) is 11.8 Å². The van der Waals surface area contributed by atoms with Crippen LogP contribution in [0, 0.1) is 11.8 Å². The van der Waals surface area contributed by atoms with Gasteiger partial charge in [-0.3, -0.25) is 4.79 Å². The number of hydrogen-bond acceptors (Lipinski definition) is 5. The molecule has 1 aliphatic carbocycles. The molecule has 5 heteroatoms. The topological polar surface area (TPSA) is 51.2 Å². The van der Waals surface area contributed by atoms with Crippen molar-refractivity contribution in [3.05, 3.63) is 23.3 Å². The predicted molar refractivity (Wildman–Crippen MR) is 133 cm³/mol. The van der Waals surface area contributed by atoms with Crippen LogP contribution in [0.5, 0.6) is 0 Å². The fourth-order valence-corrected chi connectivity index (χ4v) is 5.66. The van der Waals surface area contributed by atoms with E-state index >= 15 is 0 Å². The first-order valence-corrected chi connectivity index (χ1v) is 12.5. The molecule has 1 heterocycles. The fraction of sp³-hybridized carbons (Fsp3) is 0.692. The lowest BCUT2D eigenvalue weighted by Crippen LogP contribution is -2.42. The molecule has 1 aliphatic rings. The van der Waals surface area contributed by atoms with Gasteiger partial charge in [-0.15, -0.1) is 0 Å². The Morgan fingerprint density at radius 3 is 2.48 bits per heavy atom. The fourth-order valence-electron chi connectivity index (χ4n) is 4.60. The summed E-state index contributed by atoms with van der Waals surface area (Å²) in [5, 5.41) is 4.50. The smallest absolute Gasteiger partial charge is 0.184 e. The molecule has 0 radical (unpaired) electrons. The van der Waals surface area contributed by atoms with E-state index < -0.39 is 0 Å². The average Bonchev–Trinajstić information content (AvgIpc) is 3.01. The van der Waals surface area contributed by atoms with E-state index in [1.807, 2.05) is 0 Å². The molecule has 0 spiro atoms. The van der Waals surface area contributed by atoms with Crippen LogP contribution in [0.2, 0.25) is 0 Å². The molecule has 172 valence electrons. The Morgan fingerprint density at radius 2 is 1.87 bits per heavy atom. The number of thiazole rings is 1. The summed E-state index contributed by atoms with van der Waals surface area (Å²) in [6, 6.07) is 4.26. The van der Waals surface area contributed by atoms with Gasteiger partial charge in [-0.05, 0) is 76.5 Å². The monoisotopic (exact) mass is 444 g/mol. The van der Waals surface area contributed by atoms with Crippen molar-refractivity contribution in [1.82, 2.24) is 4.98 Å². The average molecular weight is 445 g/mol. The molecule has 0 saturated heterocycles. The largest absolute Gasteiger partial charge is 0.376 e. The number of nitrogens with zero attached hydrogens (tertiary/aromatic N) is 1. The summed E-state index contributed by atoms with van der Waals surface area (Å²) in [5.74, 6) is 0.744. The molecule has 1 unspecified atom stereocenters. The van der Waals surface area contributed by atoms with E-state index in [2.05, 4.69) is 79.8 Å². The van der Waals surface area contributed by atoms with Crippen LogP contribution in [0.4, 0.5) is 5.13 Å². The minimum atomic E-state index is -0.130. The standard InChI is InChI=1S/C26H40N2O2S/c1-10-11-17-16(2)26(8,9)19-15-20-21(14-18(19)22(17)29)31-23(27-20)28-25(6,7)12-13-30-24(3,4)5/h14-17H,10-13H2,1-9H3,(H,27,28)/t16-,17?/m0/s1. The third-order valence-corrected chi connectivity index (χ3v) is 7.81. The summed E-state index contributed by atoms with van der Waals surface area (Å²) in [6.07, 6.45) is 2.89. The van der Waals surface area contributed by atoms with Crippen LogP contribution in [0.1, 0.15) is 97.5 Å². The van der Waals surface area contributed by atoms with E-state index in [4.69, 9.17) is 9.72 Å². The number of ketones is 1. The van der Waals surface area contributed by atoms with E-state index in [9.17, 15) is 4.79 Å². The molecule has 2 aromatic rings. The Morgan fingerprint density at radius 1 is 1.19 bits per heavy atom. The van der Waals surface area contributed by atoms with E-state index in [0.717, 1.165) is 45.7 Å². The second kappa shape index (κ2) is 8.47. The Hall–Kier alpha value is -1.46. The number of ether oxygens (including phenoxy) is 1. The van der Waals surface area contributed by atoms with Gasteiger partial charge < -0.3 is 10.1 Å². The molecule has 0 amide bonds. The van der Waals surface area contributed by atoms with E-state index in [0.29, 0.717) is 18.3 Å². The number of benzene rings is 1. The zero-order valence-corrected chi connectivity index (χ0v) is 21.6. The number of rotatable bonds is 7. The van der Waals surface area contributed by atoms with Crippen molar-refractivity contribution in [3.8, 4) is 0 Å². The Labute approximate surface area is 192 Å². The van der Waals surface area contributed by atoms with Crippen LogP contribution in [0.3, 0.4) is 0 Å². The molecule has 4 nitrogen and oxygen atoms in total. The summed E-state index contributed by atoms with van der Waals surface area (Å²) >= 11 is 1.64. The lowest BCUT2D eigenvalue weighted by molar-refractivity contribution is -0.00846. The van der Waals surface area contributed by atoms with Gasteiger partial charge in [0, 0.05) is 23.6 Å². The highest BCUT2D eigenvalue weighted by molar-refractivity contribution is 7.22. The summed E-state index contributed by atoms with van der Waals surface area (Å²) in [5.41, 5.74) is 2.74. The van der Waals surface area contributed by atoms with Gasteiger partial charge in [0.05, 0.1) is 15.8 Å². The molecule has 0 aliphatic heterocycles. The highest BCUT2D eigenvalue weighted by Gasteiger charge is 2.44. The normalized spacial score (nSPS) is 21.4. The molecule has 31 heavy (non-hydrogen) atoms. The van der Waals surface area contributed by atoms with Crippen LogP contribution in [-0.2, 0) is 10.2 Å². The van der Waals surface area contributed by atoms with Crippen LogP contribution < -0.4 is 5.32 Å². The number of nitrogens with one attached hydrogen (secondary N) is 1. The Bertz CT molecular complexity index is 952. The second-order valence-corrected chi connectivity index (χ2v) is 12.4. The van der Waals surface area contributed by atoms with Crippen molar-refractivity contribution in [2.75, 3.05) is 11.9 Å². The summed E-state index contributed by atoms with van der Waals surface area (Å²) in [6.45, 7) is 20.3. The van der Waals surface area contributed by atoms with Gasteiger partial charge in [-0.1, -0.05) is 45.5 Å². The third kappa shape index (κ3) is 5.14. The van der Waals surface area contributed by atoms with Crippen LogP contribution in [-0.4, -0.2) is 28.5 Å². The summed E-state index contributed by atoms with van der Waals surface area (Å²) in [4.78, 5) is 18.2. The second-order valence-electron chi connectivity index (χ2n) is 11.4.